The van der Waals surface area contributed by atoms with Crippen LogP contribution in [0.15, 0.2) is 28.8 Å². The normalized spacial score (nSPS) is 22.2. The first kappa shape index (κ1) is 16.0. The molecule has 1 amide bonds. The first-order valence-electron chi connectivity index (χ1n) is 8.37. The fourth-order valence-electron chi connectivity index (χ4n) is 3.23. The van der Waals surface area contributed by atoms with Crippen LogP contribution in [0.2, 0.25) is 0 Å². The molecule has 0 N–H and O–H groups in total. The van der Waals surface area contributed by atoms with E-state index in [-0.39, 0.29) is 31.3 Å². The standard InChI is InChI=1S/C18H20N2O5/c1-11-8-20(9-12(2)24-11)18(21)7-14-6-16(25-19-14)13-3-4-15-17(5-13)23-10-22-15/h3-6,11-12H,7-10H2,1-2H3/t11-,12+. The minimum absolute atomic E-state index is 0.0348. The summed E-state index contributed by atoms with van der Waals surface area (Å²) >= 11 is 0. The van der Waals surface area contributed by atoms with Crippen molar-refractivity contribution in [2.24, 2.45) is 0 Å². The predicted octanol–water partition coefficient (Wildman–Crippen LogP) is 2.25. The molecule has 2 aliphatic heterocycles. The molecule has 0 aliphatic carbocycles. The number of ether oxygens (including phenoxy) is 3. The van der Waals surface area contributed by atoms with Gasteiger partial charge in [-0.05, 0) is 32.0 Å². The highest BCUT2D eigenvalue weighted by atomic mass is 16.7. The van der Waals surface area contributed by atoms with Crippen molar-refractivity contribution >= 4 is 5.91 Å². The van der Waals surface area contributed by atoms with E-state index in [9.17, 15) is 4.79 Å². The van der Waals surface area contributed by atoms with E-state index in [2.05, 4.69) is 5.16 Å². The fraction of sp³-hybridized carbons (Fsp3) is 0.444. The van der Waals surface area contributed by atoms with Gasteiger partial charge in [0.05, 0.1) is 24.3 Å². The van der Waals surface area contributed by atoms with E-state index in [0.29, 0.717) is 36.0 Å². The molecule has 0 unspecified atom stereocenters. The number of carbonyl (C=O) groups is 1. The first-order valence-corrected chi connectivity index (χ1v) is 8.37. The molecule has 2 aliphatic rings. The van der Waals surface area contributed by atoms with E-state index < -0.39 is 0 Å². The zero-order chi connectivity index (χ0) is 17.4. The highest BCUT2D eigenvalue weighted by Crippen LogP contribution is 2.36. The third-order valence-electron chi connectivity index (χ3n) is 4.32. The van der Waals surface area contributed by atoms with Crippen LogP contribution in [-0.2, 0) is 16.0 Å². The lowest BCUT2D eigenvalue weighted by Gasteiger charge is -2.35. The van der Waals surface area contributed by atoms with Crippen LogP contribution < -0.4 is 9.47 Å². The molecule has 25 heavy (non-hydrogen) atoms. The smallest absolute Gasteiger partial charge is 0.231 e. The minimum Gasteiger partial charge on any atom is -0.454 e. The van der Waals surface area contributed by atoms with Crippen molar-refractivity contribution in [1.82, 2.24) is 10.1 Å². The molecule has 1 saturated heterocycles. The van der Waals surface area contributed by atoms with Gasteiger partial charge in [0.1, 0.15) is 0 Å². The van der Waals surface area contributed by atoms with E-state index in [1.165, 1.54) is 0 Å². The van der Waals surface area contributed by atoms with Crippen molar-refractivity contribution in [2.45, 2.75) is 32.5 Å². The summed E-state index contributed by atoms with van der Waals surface area (Å²) in [7, 11) is 0. The summed E-state index contributed by atoms with van der Waals surface area (Å²) in [5.41, 5.74) is 1.45. The van der Waals surface area contributed by atoms with Crippen LogP contribution in [0, 0.1) is 0 Å². The van der Waals surface area contributed by atoms with Crippen molar-refractivity contribution < 1.29 is 23.5 Å². The van der Waals surface area contributed by atoms with Crippen molar-refractivity contribution in [3.8, 4) is 22.8 Å². The van der Waals surface area contributed by atoms with Crippen LogP contribution in [0.3, 0.4) is 0 Å². The van der Waals surface area contributed by atoms with Crippen LogP contribution in [0.4, 0.5) is 0 Å². The Balaban J connectivity index is 1.45. The number of benzene rings is 1. The van der Waals surface area contributed by atoms with Gasteiger partial charge in [-0.15, -0.1) is 0 Å². The zero-order valence-corrected chi connectivity index (χ0v) is 14.2. The predicted molar refractivity (Wildman–Crippen MR) is 88.4 cm³/mol. The quantitative estimate of drug-likeness (QED) is 0.850. The molecule has 1 aromatic carbocycles. The monoisotopic (exact) mass is 344 g/mol. The molecular formula is C18H20N2O5. The average molecular weight is 344 g/mol. The van der Waals surface area contributed by atoms with Crippen LogP contribution in [-0.4, -0.2) is 48.1 Å². The van der Waals surface area contributed by atoms with Gasteiger partial charge in [0.25, 0.3) is 0 Å². The third kappa shape index (κ3) is 3.32. The Morgan fingerprint density at radius 2 is 1.92 bits per heavy atom. The molecular weight excluding hydrogens is 324 g/mol. The van der Waals surface area contributed by atoms with Crippen LogP contribution >= 0.6 is 0 Å². The lowest BCUT2D eigenvalue weighted by molar-refractivity contribution is -0.142. The maximum atomic E-state index is 12.5. The van der Waals surface area contributed by atoms with Gasteiger partial charge in [-0.3, -0.25) is 4.79 Å². The summed E-state index contributed by atoms with van der Waals surface area (Å²) in [6.45, 7) is 5.39. The number of aromatic nitrogens is 1. The number of carbonyl (C=O) groups excluding carboxylic acids is 1. The molecule has 1 fully saturated rings. The lowest BCUT2D eigenvalue weighted by Crippen LogP contribution is -2.48. The number of nitrogens with zero attached hydrogens (tertiary/aromatic N) is 2. The minimum atomic E-state index is 0.0348. The highest BCUT2D eigenvalue weighted by molar-refractivity contribution is 5.79. The number of hydrogen-bond acceptors (Lipinski definition) is 6. The fourth-order valence-corrected chi connectivity index (χ4v) is 3.23. The van der Waals surface area contributed by atoms with Crippen molar-refractivity contribution in [3.63, 3.8) is 0 Å². The lowest BCUT2D eigenvalue weighted by atomic mass is 10.1. The van der Waals surface area contributed by atoms with E-state index in [1.54, 1.807) is 6.07 Å². The Hall–Kier alpha value is -2.54. The van der Waals surface area contributed by atoms with Gasteiger partial charge in [0.15, 0.2) is 17.3 Å². The van der Waals surface area contributed by atoms with Crippen LogP contribution in [0.25, 0.3) is 11.3 Å². The number of morpholine rings is 1. The Morgan fingerprint density at radius 3 is 2.72 bits per heavy atom. The molecule has 1 aromatic heterocycles. The molecule has 2 atom stereocenters. The highest BCUT2D eigenvalue weighted by Gasteiger charge is 2.26. The number of rotatable bonds is 3. The second-order valence-electron chi connectivity index (χ2n) is 6.48. The Kier molecular flexibility index (Phi) is 4.09. The van der Waals surface area contributed by atoms with Crippen molar-refractivity contribution in [3.05, 3.63) is 30.0 Å². The van der Waals surface area contributed by atoms with Gasteiger partial charge in [0.2, 0.25) is 12.7 Å². The summed E-state index contributed by atoms with van der Waals surface area (Å²) in [4.78, 5) is 14.3. The third-order valence-corrected chi connectivity index (χ3v) is 4.32. The number of hydrogen-bond donors (Lipinski definition) is 0. The number of fused-ring (bicyclic) bond motifs is 1. The second-order valence-corrected chi connectivity index (χ2v) is 6.48. The van der Waals surface area contributed by atoms with Crippen molar-refractivity contribution in [1.29, 1.82) is 0 Å². The van der Waals surface area contributed by atoms with Crippen LogP contribution in [0.1, 0.15) is 19.5 Å². The largest absolute Gasteiger partial charge is 0.454 e. The molecule has 2 aromatic rings. The van der Waals surface area contributed by atoms with Gasteiger partial charge < -0.3 is 23.6 Å². The van der Waals surface area contributed by atoms with Gasteiger partial charge in [-0.2, -0.15) is 0 Å². The SMILES string of the molecule is C[C@@H]1CN(C(=O)Cc2cc(-c3ccc4c(c3)OCO4)on2)C[C@H](C)O1. The molecule has 3 heterocycles. The first-order chi connectivity index (χ1) is 12.1. The second kappa shape index (κ2) is 6.40. The van der Waals surface area contributed by atoms with Gasteiger partial charge >= 0.3 is 0 Å². The average Bonchev–Trinajstić information content (AvgIpc) is 3.22. The Labute approximate surface area is 145 Å². The molecule has 7 nitrogen and oxygen atoms in total. The molecule has 132 valence electrons. The van der Waals surface area contributed by atoms with Crippen LogP contribution in [0.5, 0.6) is 11.5 Å². The maximum absolute atomic E-state index is 12.5. The van der Waals surface area contributed by atoms with E-state index in [4.69, 9.17) is 18.7 Å². The summed E-state index contributed by atoms with van der Waals surface area (Å²) in [6.07, 6.45) is 0.316. The van der Waals surface area contributed by atoms with E-state index in [0.717, 1.165) is 5.56 Å². The maximum Gasteiger partial charge on any atom is 0.231 e. The molecule has 4 rings (SSSR count). The Bertz CT molecular complexity index is 778. The summed E-state index contributed by atoms with van der Waals surface area (Å²) in [5.74, 6) is 2.04. The van der Waals surface area contributed by atoms with Crippen molar-refractivity contribution in [2.75, 3.05) is 19.9 Å². The topological polar surface area (TPSA) is 74.0 Å². The van der Waals surface area contributed by atoms with Gasteiger partial charge in [-0.1, -0.05) is 5.16 Å². The molecule has 0 radical (unpaired) electrons. The summed E-state index contributed by atoms with van der Waals surface area (Å²) in [5, 5.41) is 4.03. The summed E-state index contributed by atoms with van der Waals surface area (Å²) in [6, 6.07) is 7.36. The van der Waals surface area contributed by atoms with E-state index >= 15 is 0 Å². The molecule has 7 heteroatoms. The summed E-state index contributed by atoms with van der Waals surface area (Å²) < 4.78 is 21.7. The van der Waals surface area contributed by atoms with E-state index in [1.807, 2.05) is 36.9 Å². The van der Waals surface area contributed by atoms with Gasteiger partial charge in [0, 0.05) is 24.7 Å². The molecule has 0 spiro atoms. The molecule has 0 bridgehead atoms. The van der Waals surface area contributed by atoms with Gasteiger partial charge in [-0.25, -0.2) is 0 Å². The Morgan fingerprint density at radius 1 is 1.16 bits per heavy atom. The molecule has 0 saturated carbocycles. The zero-order valence-electron chi connectivity index (χ0n) is 14.2. The number of amides is 1.